The second kappa shape index (κ2) is 10.7. The maximum Gasteiger partial charge on any atom is 0.250 e. The summed E-state index contributed by atoms with van der Waals surface area (Å²) in [6.45, 7) is 3.60. The van der Waals surface area contributed by atoms with E-state index in [0.29, 0.717) is 25.7 Å². The van der Waals surface area contributed by atoms with Gasteiger partial charge in [-0.15, -0.1) is 0 Å². The lowest BCUT2D eigenvalue weighted by molar-refractivity contribution is 0.122. The molecule has 0 spiro atoms. The van der Waals surface area contributed by atoms with Crippen molar-refractivity contribution in [3.8, 4) is 22.8 Å². The van der Waals surface area contributed by atoms with Crippen LogP contribution in [-0.2, 0) is 17.7 Å². The van der Waals surface area contributed by atoms with Crippen LogP contribution in [0.3, 0.4) is 0 Å². The van der Waals surface area contributed by atoms with E-state index in [1.165, 1.54) is 17.5 Å². The van der Waals surface area contributed by atoms with Gasteiger partial charge in [0.15, 0.2) is 0 Å². The van der Waals surface area contributed by atoms with E-state index in [4.69, 9.17) is 9.47 Å². The Kier molecular flexibility index (Phi) is 6.57. The number of ether oxygens (including phenoxy) is 2. The number of nitrogens with one attached hydrogen (secondary N) is 2. The summed E-state index contributed by atoms with van der Waals surface area (Å²) in [5, 5.41) is 3.57. The molecule has 7 nitrogen and oxygen atoms in total. The van der Waals surface area contributed by atoms with E-state index in [9.17, 15) is 4.79 Å². The number of allylic oxidation sites excluding steroid dienone is 2. The molecule has 2 N–H and O–H groups in total. The number of hydrogen-bond acceptors (Lipinski definition) is 6. The van der Waals surface area contributed by atoms with Gasteiger partial charge in [-0.25, -0.2) is 0 Å². The zero-order chi connectivity index (χ0) is 26.9. The Bertz CT molecular complexity index is 1640. The Hall–Kier alpha value is -4.36. The van der Waals surface area contributed by atoms with Gasteiger partial charge in [0.05, 0.1) is 18.9 Å². The number of morpholine rings is 1. The zero-order valence-corrected chi connectivity index (χ0v) is 22.4. The van der Waals surface area contributed by atoms with Gasteiger partial charge in [0.2, 0.25) is 5.56 Å². The minimum Gasteiger partial charge on any atom is -0.456 e. The number of anilines is 2. The Morgan fingerprint density at radius 3 is 2.83 bits per heavy atom. The third-order valence-corrected chi connectivity index (χ3v) is 8.00. The molecule has 1 atom stereocenters. The summed E-state index contributed by atoms with van der Waals surface area (Å²) in [5.41, 5.74) is 8.19. The van der Waals surface area contributed by atoms with E-state index >= 15 is 0 Å². The average Bonchev–Trinajstić information content (AvgIpc) is 3.54. The van der Waals surface area contributed by atoms with Crippen LogP contribution >= 0.6 is 0 Å². The second-order valence-electron chi connectivity index (χ2n) is 10.7. The molecule has 0 radical (unpaired) electrons. The molecule has 2 aromatic carbocycles. The second-order valence-corrected chi connectivity index (χ2v) is 10.7. The zero-order valence-electron chi connectivity index (χ0n) is 22.4. The average molecular weight is 533 g/mol. The summed E-state index contributed by atoms with van der Waals surface area (Å²) in [5.74, 6) is 2.13. The van der Waals surface area contributed by atoms with Gasteiger partial charge in [-0.2, -0.15) is 0 Å². The summed E-state index contributed by atoms with van der Waals surface area (Å²) in [4.78, 5) is 22.3. The van der Waals surface area contributed by atoms with Crippen LogP contribution in [0.4, 0.5) is 11.4 Å². The quantitative estimate of drug-likeness (QED) is 0.261. The lowest BCUT2D eigenvalue weighted by Crippen LogP contribution is -2.36. The van der Waals surface area contributed by atoms with E-state index in [1.54, 1.807) is 6.07 Å². The molecule has 40 heavy (non-hydrogen) atoms. The molecule has 1 unspecified atom stereocenters. The van der Waals surface area contributed by atoms with Crippen LogP contribution in [-0.4, -0.2) is 36.3 Å². The molecule has 7 rings (SSSR count). The molecule has 4 aromatic rings. The van der Waals surface area contributed by atoms with Crippen LogP contribution in [0.1, 0.15) is 41.0 Å². The summed E-state index contributed by atoms with van der Waals surface area (Å²) in [7, 11) is 0. The van der Waals surface area contributed by atoms with Crippen LogP contribution in [0, 0.1) is 0 Å². The molecule has 2 aliphatic heterocycles. The molecule has 1 saturated heterocycles. The molecule has 0 saturated carbocycles. The molecular weight excluding hydrogens is 500 g/mol. The van der Waals surface area contributed by atoms with Gasteiger partial charge in [-0.1, -0.05) is 30.4 Å². The van der Waals surface area contributed by atoms with Crippen molar-refractivity contribution in [3.63, 3.8) is 0 Å². The van der Waals surface area contributed by atoms with Crippen molar-refractivity contribution < 1.29 is 9.47 Å². The highest BCUT2D eigenvalue weighted by Crippen LogP contribution is 2.43. The highest BCUT2D eigenvalue weighted by atomic mass is 16.5. The van der Waals surface area contributed by atoms with Crippen molar-refractivity contribution in [2.75, 3.05) is 36.5 Å². The minimum absolute atomic E-state index is 0.121. The largest absolute Gasteiger partial charge is 0.456 e. The highest BCUT2D eigenvalue weighted by Gasteiger charge is 2.22. The third kappa shape index (κ3) is 5.00. The predicted molar refractivity (Wildman–Crippen MR) is 158 cm³/mol. The maximum absolute atomic E-state index is 12.6. The third-order valence-electron chi connectivity index (χ3n) is 8.00. The molecule has 0 bridgehead atoms. The van der Waals surface area contributed by atoms with E-state index < -0.39 is 0 Å². The van der Waals surface area contributed by atoms with Crippen LogP contribution in [0.2, 0.25) is 0 Å². The Morgan fingerprint density at radius 1 is 1.02 bits per heavy atom. The van der Waals surface area contributed by atoms with Crippen molar-refractivity contribution in [2.24, 2.45) is 0 Å². The van der Waals surface area contributed by atoms with Gasteiger partial charge in [-0.3, -0.25) is 9.78 Å². The van der Waals surface area contributed by atoms with Crippen LogP contribution in [0.5, 0.6) is 11.5 Å². The van der Waals surface area contributed by atoms with E-state index in [1.807, 2.05) is 36.7 Å². The topological polar surface area (TPSA) is 79.5 Å². The first kappa shape index (κ1) is 24.7. The van der Waals surface area contributed by atoms with Gasteiger partial charge in [0.25, 0.3) is 0 Å². The molecule has 1 aliphatic carbocycles. The number of aromatic nitrogens is 2. The van der Waals surface area contributed by atoms with E-state index in [-0.39, 0.29) is 5.56 Å². The molecule has 1 fully saturated rings. The first-order valence-electron chi connectivity index (χ1n) is 14.0. The highest BCUT2D eigenvalue weighted by molar-refractivity contribution is 5.74. The smallest absolute Gasteiger partial charge is 0.250 e. The van der Waals surface area contributed by atoms with Crippen LogP contribution < -0.4 is 20.5 Å². The molecule has 3 aliphatic rings. The van der Waals surface area contributed by atoms with Crippen molar-refractivity contribution in [2.45, 2.75) is 31.7 Å². The Labute approximate surface area is 233 Å². The fourth-order valence-electron chi connectivity index (χ4n) is 5.90. The molecule has 4 heterocycles. The van der Waals surface area contributed by atoms with Crippen LogP contribution in [0.25, 0.3) is 11.3 Å². The lowest BCUT2D eigenvalue weighted by Gasteiger charge is -2.29. The molecular formula is C33H32N4O3. The van der Waals surface area contributed by atoms with Gasteiger partial charge >= 0.3 is 0 Å². The number of nitrogens with zero attached hydrogens (tertiary/aromatic N) is 2. The van der Waals surface area contributed by atoms with Crippen molar-refractivity contribution >= 4 is 11.4 Å². The molecule has 7 heteroatoms. The number of rotatable bonds is 6. The fraction of sp³-hybridized carbons (Fsp3) is 0.273. The molecule has 202 valence electrons. The summed E-state index contributed by atoms with van der Waals surface area (Å²) >= 11 is 0. The number of para-hydroxylation sites is 1. The molecule has 0 amide bonds. The number of pyridine rings is 2. The minimum atomic E-state index is -0.121. The van der Waals surface area contributed by atoms with Gasteiger partial charge in [0.1, 0.15) is 11.5 Å². The van der Waals surface area contributed by atoms with Gasteiger partial charge in [-0.05, 0) is 59.9 Å². The first-order valence-corrected chi connectivity index (χ1v) is 14.0. The Morgan fingerprint density at radius 2 is 1.95 bits per heavy atom. The summed E-state index contributed by atoms with van der Waals surface area (Å²) in [6, 6.07) is 18.4. The maximum atomic E-state index is 12.6. The number of aromatic amines is 1. The summed E-state index contributed by atoms with van der Waals surface area (Å²) in [6.07, 6.45) is 11.5. The summed E-state index contributed by atoms with van der Waals surface area (Å²) < 4.78 is 12.0. The fourth-order valence-corrected chi connectivity index (χ4v) is 5.90. The SMILES string of the molecule is O=c1cc(N2CCOCC2)cc(-c2cccc3c2Oc2ccc(NCc4cncc(C5C=CCC5)c4)cc2C3)[nH]1. The first-order chi connectivity index (χ1) is 19.7. The normalized spacial score (nSPS) is 17.7. The number of H-pyrrole nitrogens is 1. The number of hydrogen-bond donors (Lipinski definition) is 2. The molecule has 2 aromatic heterocycles. The van der Waals surface area contributed by atoms with Crippen molar-refractivity contribution in [1.29, 1.82) is 0 Å². The number of benzene rings is 2. The standard InChI is InChI=1S/C33H32N4O3/c38-32-18-28(37-10-12-39-13-11-37)17-30(36-32)29-7-3-6-24-15-25-16-27(8-9-31(25)40-33(24)29)35-20-22-14-26(21-34-19-22)23-4-1-2-5-23/h1,3-4,6-9,14,16-19,21,23,35H,2,5,10-13,15,20H2,(H,36,38). The van der Waals surface area contributed by atoms with E-state index in [2.05, 4.69) is 56.6 Å². The Balaban J connectivity index is 1.10. The lowest BCUT2D eigenvalue weighted by atomic mass is 9.96. The monoisotopic (exact) mass is 532 g/mol. The van der Waals surface area contributed by atoms with Crippen molar-refractivity contribution in [3.05, 3.63) is 112 Å². The number of fused-ring (bicyclic) bond motifs is 2. The van der Waals surface area contributed by atoms with Crippen LogP contribution in [0.15, 0.2) is 83.9 Å². The van der Waals surface area contributed by atoms with Crippen molar-refractivity contribution in [1.82, 2.24) is 9.97 Å². The predicted octanol–water partition coefficient (Wildman–Crippen LogP) is 6.02. The van der Waals surface area contributed by atoms with Gasteiger partial charge < -0.3 is 24.7 Å². The van der Waals surface area contributed by atoms with E-state index in [0.717, 1.165) is 71.2 Å². The van der Waals surface area contributed by atoms with Gasteiger partial charge in [0, 0.05) is 72.9 Å².